The van der Waals surface area contributed by atoms with E-state index in [0.717, 1.165) is 12.1 Å². The predicted molar refractivity (Wildman–Crippen MR) is 120 cm³/mol. The molecule has 0 aromatic heterocycles. The normalized spacial score (nSPS) is 20.5. The Labute approximate surface area is 211 Å². The van der Waals surface area contributed by atoms with Gasteiger partial charge < -0.3 is 24.2 Å². The molecule has 1 unspecified atom stereocenters. The molecule has 1 aliphatic heterocycles. The van der Waals surface area contributed by atoms with Crippen molar-refractivity contribution in [2.24, 2.45) is 5.92 Å². The third-order valence-corrected chi connectivity index (χ3v) is 6.02. The van der Waals surface area contributed by atoms with E-state index in [1.165, 1.54) is 47.4 Å². The molecule has 3 atom stereocenters. The number of para-hydroxylation sites is 1. The summed E-state index contributed by atoms with van der Waals surface area (Å²) < 4.78 is 118. The quantitative estimate of drug-likeness (QED) is 0.402. The molecule has 0 fully saturated rings. The molecule has 0 bridgehead atoms. The summed E-state index contributed by atoms with van der Waals surface area (Å²) in [6.07, 6.45) is -8.13. The number of hydrogen-bond donors (Lipinski definition) is 1. The van der Waals surface area contributed by atoms with Crippen molar-refractivity contribution in [3.8, 4) is 22.6 Å². The van der Waals surface area contributed by atoms with E-state index in [1.54, 1.807) is 6.08 Å². The maximum atomic E-state index is 13.3. The lowest BCUT2D eigenvalue weighted by atomic mass is 9.89. The highest BCUT2D eigenvalue weighted by Crippen LogP contribution is 2.45. The highest BCUT2D eigenvalue weighted by molar-refractivity contribution is 5.80. The number of β-amino-alcohol motifs (C(OH)–C–C–N with tert-alkyl or cyclic N) is 1. The van der Waals surface area contributed by atoms with Gasteiger partial charge in [0.15, 0.2) is 11.9 Å². The van der Waals surface area contributed by atoms with Gasteiger partial charge in [-0.1, -0.05) is 30.3 Å². The molecule has 13 heteroatoms. The maximum Gasteiger partial charge on any atom is 0.573 e. The van der Waals surface area contributed by atoms with Crippen LogP contribution in [0.1, 0.15) is 6.42 Å². The van der Waals surface area contributed by atoms with Gasteiger partial charge in [-0.15, -0.1) is 13.2 Å². The first-order valence-electron chi connectivity index (χ1n) is 11.3. The van der Waals surface area contributed by atoms with Crippen LogP contribution in [0.25, 0.3) is 11.1 Å². The molecule has 2 aromatic carbocycles. The lowest BCUT2D eigenvalue weighted by molar-refractivity contribution is -0.274. The maximum absolute atomic E-state index is 13.3. The number of aliphatic hydroxyl groups is 1. The molecular weight excluding hydrogens is 530 g/mol. The first-order valence-corrected chi connectivity index (χ1v) is 11.3. The van der Waals surface area contributed by atoms with Crippen LogP contribution in [-0.2, 0) is 4.74 Å². The molecule has 0 saturated carbocycles. The largest absolute Gasteiger partial charge is 0.573 e. The van der Waals surface area contributed by atoms with Gasteiger partial charge in [0, 0.05) is 11.5 Å². The van der Waals surface area contributed by atoms with E-state index in [2.05, 4.69) is 9.47 Å². The number of rotatable bonds is 7. The Morgan fingerprint density at radius 1 is 1.05 bits per heavy atom. The Morgan fingerprint density at radius 3 is 2.47 bits per heavy atom. The average molecular weight is 551 g/mol. The van der Waals surface area contributed by atoms with Crippen LogP contribution in [0.15, 0.2) is 66.5 Å². The monoisotopic (exact) mass is 551 g/mol. The minimum absolute atomic E-state index is 0.0849. The fourth-order valence-corrected chi connectivity index (χ4v) is 4.43. The van der Waals surface area contributed by atoms with Crippen LogP contribution < -0.4 is 14.4 Å². The minimum Gasteiger partial charge on any atom is -0.489 e. The molecule has 0 amide bonds. The standard InChI is InChI=1S/C25H21F8NO4/c26-23(27)37-16-6-2-5-15(11-16)20-13-36-22-18(14-4-1-7-17(10-14)38-25(31,32)33)8-3-9-19(22)34(20)12-21(35)24(28,29)30/h1-4,6-11,15,20-21,23,35H,5,12-13H2/t15?,20-,21+/m1/s1. The third kappa shape index (κ3) is 6.50. The molecule has 0 radical (unpaired) electrons. The molecule has 1 aliphatic carbocycles. The lowest BCUT2D eigenvalue weighted by Crippen LogP contribution is -2.52. The van der Waals surface area contributed by atoms with Crippen LogP contribution in [0.2, 0.25) is 0 Å². The second-order valence-corrected chi connectivity index (χ2v) is 8.57. The number of benzene rings is 2. The van der Waals surface area contributed by atoms with Gasteiger partial charge in [0.25, 0.3) is 0 Å². The number of anilines is 1. The summed E-state index contributed by atoms with van der Waals surface area (Å²) in [5, 5.41) is 9.90. The molecule has 0 saturated heterocycles. The first-order chi connectivity index (χ1) is 17.8. The molecule has 5 nitrogen and oxygen atoms in total. The summed E-state index contributed by atoms with van der Waals surface area (Å²) in [7, 11) is 0. The third-order valence-electron chi connectivity index (χ3n) is 6.02. The van der Waals surface area contributed by atoms with Gasteiger partial charge in [-0.25, -0.2) is 0 Å². The zero-order chi connectivity index (χ0) is 27.7. The van der Waals surface area contributed by atoms with Crippen LogP contribution >= 0.6 is 0 Å². The van der Waals surface area contributed by atoms with Gasteiger partial charge in [-0.3, -0.25) is 0 Å². The number of aliphatic hydroxyl groups excluding tert-OH is 1. The molecule has 4 rings (SSSR count). The van der Waals surface area contributed by atoms with Crippen molar-refractivity contribution in [2.75, 3.05) is 18.1 Å². The van der Waals surface area contributed by atoms with Crippen molar-refractivity contribution >= 4 is 5.69 Å². The lowest BCUT2D eigenvalue weighted by Gasteiger charge is -2.43. The second-order valence-electron chi connectivity index (χ2n) is 8.57. The molecule has 1 N–H and O–H groups in total. The van der Waals surface area contributed by atoms with Gasteiger partial charge >= 0.3 is 19.2 Å². The van der Waals surface area contributed by atoms with E-state index >= 15 is 0 Å². The van der Waals surface area contributed by atoms with Crippen molar-refractivity contribution < 1.29 is 54.4 Å². The Morgan fingerprint density at radius 2 is 1.79 bits per heavy atom. The zero-order valence-corrected chi connectivity index (χ0v) is 19.3. The minimum atomic E-state index is -4.95. The van der Waals surface area contributed by atoms with E-state index in [-0.39, 0.29) is 41.4 Å². The van der Waals surface area contributed by atoms with Crippen LogP contribution in [0.3, 0.4) is 0 Å². The predicted octanol–water partition coefficient (Wildman–Crippen LogP) is 6.44. The van der Waals surface area contributed by atoms with Crippen molar-refractivity contribution in [2.45, 2.75) is 37.7 Å². The van der Waals surface area contributed by atoms with Crippen molar-refractivity contribution in [3.05, 3.63) is 66.5 Å². The Bertz CT molecular complexity index is 1190. The van der Waals surface area contributed by atoms with Gasteiger partial charge in [0.05, 0.1) is 18.3 Å². The van der Waals surface area contributed by atoms with Crippen molar-refractivity contribution in [1.29, 1.82) is 0 Å². The van der Waals surface area contributed by atoms with Crippen LogP contribution in [0, 0.1) is 5.92 Å². The van der Waals surface area contributed by atoms with E-state index in [4.69, 9.17) is 4.74 Å². The zero-order valence-electron chi connectivity index (χ0n) is 19.3. The fourth-order valence-electron chi connectivity index (χ4n) is 4.43. The molecule has 1 heterocycles. The van der Waals surface area contributed by atoms with E-state index in [0.29, 0.717) is 0 Å². The Kier molecular flexibility index (Phi) is 7.77. The molecule has 206 valence electrons. The van der Waals surface area contributed by atoms with Gasteiger partial charge in [0.1, 0.15) is 18.1 Å². The average Bonchev–Trinajstić information content (AvgIpc) is 2.82. The summed E-state index contributed by atoms with van der Waals surface area (Å²) in [4.78, 5) is 1.27. The Balaban J connectivity index is 1.73. The molecular formula is C25H21F8NO4. The summed E-state index contributed by atoms with van der Waals surface area (Å²) in [5.74, 6) is -1.19. The van der Waals surface area contributed by atoms with Crippen LogP contribution in [0.5, 0.6) is 11.5 Å². The van der Waals surface area contributed by atoms with Gasteiger partial charge in [0.2, 0.25) is 0 Å². The molecule has 38 heavy (non-hydrogen) atoms. The molecule has 2 aliphatic rings. The fraction of sp³-hybridized carbons (Fsp3) is 0.360. The number of fused-ring (bicyclic) bond motifs is 1. The van der Waals surface area contributed by atoms with E-state index in [1.807, 2.05) is 0 Å². The number of ether oxygens (including phenoxy) is 3. The number of nitrogens with zero attached hydrogens (tertiary/aromatic N) is 1. The SMILES string of the molecule is O[C@@H](CN1c2cccc(-c3cccc(OC(F)(F)F)c3)c2OC[C@@H]1C1C=C(OC(F)F)C=CC1)C(F)(F)F. The summed E-state index contributed by atoms with van der Waals surface area (Å²) >= 11 is 0. The summed E-state index contributed by atoms with van der Waals surface area (Å²) in [5.41, 5.74) is 0.663. The molecule has 2 aromatic rings. The summed E-state index contributed by atoms with van der Waals surface area (Å²) in [6, 6.07) is 8.61. The highest BCUT2D eigenvalue weighted by atomic mass is 19.4. The molecule has 0 spiro atoms. The van der Waals surface area contributed by atoms with Gasteiger partial charge in [-0.05, 0) is 42.3 Å². The first kappa shape index (κ1) is 27.6. The van der Waals surface area contributed by atoms with Gasteiger partial charge in [-0.2, -0.15) is 22.0 Å². The number of alkyl halides is 8. The smallest absolute Gasteiger partial charge is 0.489 e. The Hall–Kier alpha value is -3.48. The topological polar surface area (TPSA) is 51.2 Å². The number of allylic oxidation sites excluding steroid dienone is 2. The highest BCUT2D eigenvalue weighted by Gasteiger charge is 2.43. The second kappa shape index (κ2) is 10.7. The van der Waals surface area contributed by atoms with Crippen molar-refractivity contribution in [3.63, 3.8) is 0 Å². The van der Waals surface area contributed by atoms with Crippen molar-refractivity contribution in [1.82, 2.24) is 0 Å². The summed E-state index contributed by atoms with van der Waals surface area (Å²) in [6.45, 7) is -4.20. The van der Waals surface area contributed by atoms with E-state index < -0.39 is 49.5 Å². The number of hydrogen-bond acceptors (Lipinski definition) is 5. The van der Waals surface area contributed by atoms with E-state index in [9.17, 15) is 40.2 Å². The van der Waals surface area contributed by atoms with Crippen LogP contribution in [-0.4, -0.2) is 49.6 Å². The van der Waals surface area contributed by atoms with Crippen LogP contribution in [0.4, 0.5) is 40.8 Å². The number of halogens is 8.